The van der Waals surface area contributed by atoms with E-state index in [9.17, 15) is 0 Å². The number of hydrazine groups is 1. The number of hydrogen-bond donors (Lipinski definition) is 2. The third-order valence-corrected chi connectivity index (χ3v) is 4.61. The summed E-state index contributed by atoms with van der Waals surface area (Å²) in [5.41, 5.74) is 4.94. The molecule has 0 aliphatic carbocycles. The normalized spacial score (nSPS) is 12.2. The molecule has 102 valence electrons. The minimum atomic E-state index is -0.0968. The average molecular weight is 343 g/mol. The van der Waals surface area contributed by atoms with Crippen LogP contribution in [-0.2, 0) is 0 Å². The van der Waals surface area contributed by atoms with Gasteiger partial charge in [0, 0.05) is 9.85 Å². The van der Waals surface area contributed by atoms with Gasteiger partial charge in [0.1, 0.15) is 0 Å². The van der Waals surface area contributed by atoms with Crippen LogP contribution in [0.5, 0.6) is 11.5 Å². The predicted molar refractivity (Wildman–Crippen MR) is 80.7 cm³/mol. The van der Waals surface area contributed by atoms with Crippen molar-refractivity contribution in [2.45, 2.75) is 6.04 Å². The molecule has 0 amide bonds. The maximum absolute atomic E-state index is 5.69. The molecule has 2 aromatic rings. The largest absolute Gasteiger partial charge is 0.493 e. The van der Waals surface area contributed by atoms with Gasteiger partial charge in [0.25, 0.3) is 0 Å². The van der Waals surface area contributed by atoms with Crippen molar-refractivity contribution in [3.8, 4) is 11.5 Å². The number of halogens is 1. The molecule has 0 aliphatic rings. The second kappa shape index (κ2) is 6.38. The third kappa shape index (κ3) is 2.92. The highest BCUT2D eigenvalue weighted by molar-refractivity contribution is 9.10. The Balaban J connectivity index is 2.42. The fourth-order valence-electron chi connectivity index (χ4n) is 1.90. The number of methoxy groups -OCH3 is 2. The minimum Gasteiger partial charge on any atom is -0.493 e. The van der Waals surface area contributed by atoms with E-state index in [1.165, 1.54) is 0 Å². The van der Waals surface area contributed by atoms with Crippen molar-refractivity contribution >= 4 is 27.3 Å². The second-order valence-corrected chi connectivity index (χ2v) is 5.49. The molecular formula is C13H15BrN2O2S. The molecule has 4 nitrogen and oxygen atoms in total. The average Bonchev–Trinajstić information content (AvgIpc) is 2.86. The quantitative estimate of drug-likeness (QED) is 0.647. The van der Waals surface area contributed by atoms with Crippen molar-refractivity contribution < 1.29 is 9.47 Å². The fraction of sp³-hybridized carbons (Fsp3) is 0.231. The Hall–Kier alpha value is -1.08. The van der Waals surface area contributed by atoms with Crippen LogP contribution in [0.15, 0.2) is 33.4 Å². The first-order valence-corrected chi connectivity index (χ1v) is 7.34. The van der Waals surface area contributed by atoms with Crippen LogP contribution in [0, 0.1) is 0 Å². The van der Waals surface area contributed by atoms with Crippen LogP contribution in [0.2, 0.25) is 0 Å². The van der Waals surface area contributed by atoms with Gasteiger partial charge in [-0.15, -0.1) is 0 Å². The van der Waals surface area contributed by atoms with Gasteiger partial charge in [-0.1, -0.05) is 6.07 Å². The Morgan fingerprint density at radius 2 is 1.95 bits per heavy atom. The van der Waals surface area contributed by atoms with E-state index >= 15 is 0 Å². The molecule has 2 rings (SSSR count). The lowest BCUT2D eigenvalue weighted by molar-refractivity contribution is 0.354. The first-order chi connectivity index (χ1) is 9.21. The molecule has 0 fully saturated rings. The fourth-order valence-corrected chi connectivity index (χ4v) is 3.45. The van der Waals surface area contributed by atoms with Crippen molar-refractivity contribution in [1.29, 1.82) is 0 Å². The monoisotopic (exact) mass is 342 g/mol. The molecule has 0 saturated carbocycles. The molecule has 1 atom stereocenters. The molecule has 1 heterocycles. The summed E-state index contributed by atoms with van der Waals surface area (Å²) in [5.74, 6) is 7.08. The zero-order chi connectivity index (χ0) is 13.8. The maximum atomic E-state index is 5.69. The summed E-state index contributed by atoms with van der Waals surface area (Å²) in [6.45, 7) is 0. The summed E-state index contributed by atoms with van der Waals surface area (Å²) >= 11 is 5.15. The summed E-state index contributed by atoms with van der Waals surface area (Å²) in [7, 11) is 3.23. The lowest BCUT2D eigenvalue weighted by Gasteiger charge is -2.18. The third-order valence-electron chi connectivity index (χ3n) is 2.86. The molecule has 0 aliphatic heterocycles. The van der Waals surface area contributed by atoms with Gasteiger partial charge in [-0.3, -0.25) is 5.84 Å². The summed E-state index contributed by atoms with van der Waals surface area (Å²) in [6.07, 6.45) is 0. The van der Waals surface area contributed by atoms with Gasteiger partial charge in [0.2, 0.25) is 0 Å². The highest BCUT2D eigenvalue weighted by atomic mass is 79.9. The summed E-state index contributed by atoms with van der Waals surface area (Å²) in [5, 5.41) is 4.09. The molecule has 0 radical (unpaired) electrons. The standard InChI is InChI=1S/C13H15BrN2O2S/c1-17-11-4-3-8(5-12(11)18-2)13(16-15)9-6-19-7-10(9)14/h3-7,13,16H,15H2,1-2H3. The Bertz CT molecular complexity index is 559. The topological polar surface area (TPSA) is 56.5 Å². The van der Waals surface area contributed by atoms with E-state index < -0.39 is 0 Å². The first kappa shape index (κ1) is 14.3. The molecule has 6 heteroatoms. The SMILES string of the molecule is COc1ccc(C(NN)c2cscc2Br)cc1OC. The molecule has 3 N–H and O–H groups in total. The van der Waals surface area contributed by atoms with Gasteiger partial charge in [-0.25, -0.2) is 5.43 Å². The smallest absolute Gasteiger partial charge is 0.161 e. The summed E-state index contributed by atoms with van der Waals surface area (Å²) in [4.78, 5) is 0. The van der Waals surface area contributed by atoms with Crippen LogP contribution in [0.25, 0.3) is 0 Å². The Labute approximate surface area is 124 Å². The number of nitrogens with one attached hydrogen (secondary N) is 1. The van der Waals surface area contributed by atoms with E-state index in [2.05, 4.69) is 26.7 Å². The Kier molecular flexibility index (Phi) is 4.81. The highest BCUT2D eigenvalue weighted by Gasteiger charge is 2.18. The van der Waals surface area contributed by atoms with Gasteiger partial charge in [0.05, 0.1) is 20.3 Å². The molecule has 1 unspecified atom stereocenters. The van der Waals surface area contributed by atoms with E-state index in [0.717, 1.165) is 15.6 Å². The molecule has 0 bridgehead atoms. The zero-order valence-electron chi connectivity index (χ0n) is 10.6. The lowest BCUT2D eigenvalue weighted by atomic mass is 10.0. The first-order valence-electron chi connectivity index (χ1n) is 5.61. The molecule has 0 saturated heterocycles. The van der Waals surface area contributed by atoms with Crippen LogP contribution >= 0.6 is 27.3 Å². The van der Waals surface area contributed by atoms with E-state index in [4.69, 9.17) is 15.3 Å². The number of rotatable bonds is 5. The number of nitrogens with two attached hydrogens (primary N) is 1. The summed E-state index contributed by atoms with van der Waals surface area (Å²) in [6, 6.07) is 5.67. The number of benzene rings is 1. The van der Waals surface area contributed by atoms with Gasteiger partial charge < -0.3 is 9.47 Å². The van der Waals surface area contributed by atoms with Crippen LogP contribution in [0.1, 0.15) is 17.2 Å². The van der Waals surface area contributed by atoms with Gasteiger partial charge >= 0.3 is 0 Å². The maximum Gasteiger partial charge on any atom is 0.161 e. The second-order valence-electron chi connectivity index (χ2n) is 3.89. The minimum absolute atomic E-state index is 0.0968. The van der Waals surface area contributed by atoms with Crippen LogP contribution < -0.4 is 20.7 Å². The van der Waals surface area contributed by atoms with Crippen LogP contribution in [0.4, 0.5) is 0 Å². The van der Waals surface area contributed by atoms with Crippen molar-refractivity contribution in [2.75, 3.05) is 14.2 Å². The number of hydrogen-bond acceptors (Lipinski definition) is 5. The van der Waals surface area contributed by atoms with Gasteiger partial charge in [-0.05, 0) is 44.6 Å². The van der Waals surface area contributed by atoms with E-state index in [1.807, 2.05) is 23.6 Å². The predicted octanol–water partition coefficient (Wildman–Crippen LogP) is 3.08. The summed E-state index contributed by atoms with van der Waals surface area (Å²) < 4.78 is 11.6. The Morgan fingerprint density at radius 3 is 2.47 bits per heavy atom. The van der Waals surface area contributed by atoms with Crippen molar-refractivity contribution in [3.05, 3.63) is 44.6 Å². The van der Waals surface area contributed by atoms with Gasteiger partial charge in [0.15, 0.2) is 11.5 Å². The van der Waals surface area contributed by atoms with E-state index in [1.54, 1.807) is 25.6 Å². The van der Waals surface area contributed by atoms with Crippen molar-refractivity contribution in [1.82, 2.24) is 5.43 Å². The molecule has 1 aromatic heterocycles. The Morgan fingerprint density at radius 1 is 1.21 bits per heavy atom. The molecule has 19 heavy (non-hydrogen) atoms. The number of thiophene rings is 1. The number of ether oxygens (including phenoxy) is 2. The van der Waals surface area contributed by atoms with Crippen molar-refractivity contribution in [2.24, 2.45) is 5.84 Å². The highest BCUT2D eigenvalue weighted by Crippen LogP contribution is 2.35. The molecule has 0 spiro atoms. The molecular weight excluding hydrogens is 328 g/mol. The van der Waals surface area contributed by atoms with Crippen molar-refractivity contribution in [3.63, 3.8) is 0 Å². The van der Waals surface area contributed by atoms with E-state index in [-0.39, 0.29) is 6.04 Å². The zero-order valence-corrected chi connectivity index (χ0v) is 13.0. The lowest BCUT2D eigenvalue weighted by Crippen LogP contribution is -2.28. The van der Waals surface area contributed by atoms with Crippen LogP contribution in [-0.4, -0.2) is 14.2 Å². The molecule has 1 aromatic carbocycles. The van der Waals surface area contributed by atoms with Gasteiger partial charge in [-0.2, -0.15) is 11.3 Å². The van der Waals surface area contributed by atoms with Crippen LogP contribution in [0.3, 0.4) is 0 Å². The van der Waals surface area contributed by atoms with E-state index in [0.29, 0.717) is 11.5 Å².